The molecule has 0 aromatic carbocycles. The molecule has 6 heteroatoms. The van der Waals surface area contributed by atoms with Gasteiger partial charge >= 0.3 is 5.97 Å². The van der Waals surface area contributed by atoms with Crippen LogP contribution in [0.5, 0.6) is 0 Å². The van der Waals surface area contributed by atoms with Gasteiger partial charge < -0.3 is 20.5 Å². The number of nitrogen functional groups attached to an aromatic ring is 1. The maximum atomic E-state index is 11.7. The zero-order valence-electron chi connectivity index (χ0n) is 10.4. The van der Waals surface area contributed by atoms with Gasteiger partial charge in [-0.15, -0.1) is 11.3 Å². The van der Waals surface area contributed by atoms with Gasteiger partial charge in [-0.1, -0.05) is 0 Å². The van der Waals surface area contributed by atoms with Crippen molar-refractivity contribution in [1.29, 1.82) is 0 Å². The molecule has 5 nitrogen and oxygen atoms in total. The number of β-amino-alcohol motifs (C(OH)–C–C–N with tert-alkyl or cyclic N) is 1. The van der Waals surface area contributed by atoms with Gasteiger partial charge in [0.15, 0.2) is 0 Å². The number of nitrogens with two attached hydrogens (primary N) is 1. The Morgan fingerprint density at radius 2 is 2.50 bits per heavy atom. The zero-order chi connectivity index (χ0) is 13.1. The maximum Gasteiger partial charge on any atom is 0.350 e. The molecule has 18 heavy (non-hydrogen) atoms. The molecule has 0 aliphatic carbocycles. The van der Waals surface area contributed by atoms with Crippen molar-refractivity contribution in [3.63, 3.8) is 0 Å². The number of esters is 1. The molecule has 0 spiro atoms. The van der Waals surface area contributed by atoms with Gasteiger partial charge in [-0.2, -0.15) is 0 Å². The standard InChI is InChI=1S/C12H18N2O3S/c1-2-17-12(16)11-9(13)6-10(18-11)14-5-3-4-8(15)7-14/h6,8,15H,2-5,7,13H2,1H3. The number of carbonyl (C=O) groups excluding carboxylic acids is 1. The van der Waals surface area contributed by atoms with Gasteiger partial charge in [-0.25, -0.2) is 4.79 Å². The molecule has 0 saturated carbocycles. The average Bonchev–Trinajstić information content (AvgIpc) is 2.72. The largest absolute Gasteiger partial charge is 0.462 e. The van der Waals surface area contributed by atoms with E-state index in [1.165, 1.54) is 11.3 Å². The first kappa shape index (κ1) is 13.2. The summed E-state index contributed by atoms with van der Waals surface area (Å²) in [6, 6.07) is 1.79. The number of aliphatic hydroxyl groups is 1. The summed E-state index contributed by atoms with van der Waals surface area (Å²) in [5.41, 5.74) is 6.29. The van der Waals surface area contributed by atoms with E-state index >= 15 is 0 Å². The number of rotatable bonds is 3. The molecule has 1 fully saturated rings. The summed E-state index contributed by atoms with van der Waals surface area (Å²) < 4.78 is 4.95. The second-order valence-electron chi connectivity index (χ2n) is 4.33. The third kappa shape index (κ3) is 2.76. The Morgan fingerprint density at radius 3 is 3.17 bits per heavy atom. The molecule has 1 aromatic rings. The SMILES string of the molecule is CCOC(=O)c1sc(N2CCCC(O)C2)cc1N. The van der Waals surface area contributed by atoms with Gasteiger partial charge in [0.25, 0.3) is 0 Å². The molecule has 100 valence electrons. The highest BCUT2D eigenvalue weighted by Crippen LogP contribution is 2.34. The molecule has 1 unspecified atom stereocenters. The lowest BCUT2D eigenvalue weighted by molar-refractivity contribution is 0.0533. The third-order valence-corrected chi connectivity index (χ3v) is 4.11. The predicted molar refractivity (Wildman–Crippen MR) is 72.1 cm³/mol. The van der Waals surface area contributed by atoms with E-state index in [2.05, 4.69) is 4.90 Å². The maximum absolute atomic E-state index is 11.7. The summed E-state index contributed by atoms with van der Waals surface area (Å²) in [6.45, 7) is 3.60. The molecular formula is C12H18N2O3S. The van der Waals surface area contributed by atoms with Gasteiger partial charge in [0.1, 0.15) is 4.88 Å². The van der Waals surface area contributed by atoms with Crippen molar-refractivity contribution in [3.05, 3.63) is 10.9 Å². The lowest BCUT2D eigenvalue weighted by Gasteiger charge is -2.30. The first-order chi connectivity index (χ1) is 8.61. The van der Waals surface area contributed by atoms with E-state index in [1.807, 2.05) is 0 Å². The van der Waals surface area contributed by atoms with Crippen LogP contribution in [0, 0.1) is 0 Å². The summed E-state index contributed by atoms with van der Waals surface area (Å²) in [5, 5.41) is 10.6. The monoisotopic (exact) mass is 270 g/mol. The van der Waals surface area contributed by atoms with Crippen LogP contribution in [0.4, 0.5) is 10.7 Å². The second kappa shape index (κ2) is 5.58. The average molecular weight is 270 g/mol. The van der Waals surface area contributed by atoms with Crippen molar-refractivity contribution >= 4 is 28.0 Å². The lowest BCUT2D eigenvalue weighted by atomic mass is 10.1. The fourth-order valence-corrected chi connectivity index (χ4v) is 3.07. The molecular weight excluding hydrogens is 252 g/mol. The number of anilines is 2. The topological polar surface area (TPSA) is 75.8 Å². The number of piperidine rings is 1. The molecule has 2 heterocycles. The molecule has 0 amide bonds. The Labute approximate surface area is 110 Å². The highest BCUT2D eigenvalue weighted by Gasteiger charge is 2.22. The highest BCUT2D eigenvalue weighted by atomic mass is 32.1. The van der Waals surface area contributed by atoms with Crippen LogP contribution in [0.2, 0.25) is 0 Å². The van der Waals surface area contributed by atoms with Crippen molar-refractivity contribution in [3.8, 4) is 0 Å². The Kier molecular flexibility index (Phi) is 4.08. The first-order valence-corrected chi connectivity index (χ1v) is 6.93. The number of hydrogen-bond acceptors (Lipinski definition) is 6. The summed E-state index contributed by atoms with van der Waals surface area (Å²) in [5.74, 6) is -0.371. The number of nitrogens with zero attached hydrogens (tertiary/aromatic N) is 1. The van der Waals surface area contributed by atoms with Gasteiger partial charge in [0.05, 0.1) is 23.4 Å². The van der Waals surface area contributed by atoms with E-state index in [0.717, 1.165) is 24.4 Å². The van der Waals surface area contributed by atoms with E-state index in [-0.39, 0.29) is 12.1 Å². The van der Waals surface area contributed by atoms with E-state index < -0.39 is 0 Å². The minimum atomic E-state index is -0.371. The molecule has 0 bridgehead atoms. The van der Waals surface area contributed by atoms with Crippen LogP contribution in [-0.4, -0.2) is 36.9 Å². The van der Waals surface area contributed by atoms with Crippen LogP contribution in [0.25, 0.3) is 0 Å². The van der Waals surface area contributed by atoms with Crippen molar-refractivity contribution in [1.82, 2.24) is 0 Å². The lowest BCUT2D eigenvalue weighted by Crippen LogP contribution is -2.37. The zero-order valence-corrected chi connectivity index (χ0v) is 11.2. The van der Waals surface area contributed by atoms with Gasteiger partial charge in [0, 0.05) is 13.1 Å². The fourth-order valence-electron chi connectivity index (χ4n) is 2.06. The second-order valence-corrected chi connectivity index (χ2v) is 5.36. The van der Waals surface area contributed by atoms with E-state index in [0.29, 0.717) is 23.7 Å². The first-order valence-electron chi connectivity index (χ1n) is 6.11. The fraction of sp³-hybridized carbons (Fsp3) is 0.583. The number of aliphatic hydroxyl groups excluding tert-OH is 1. The summed E-state index contributed by atoms with van der Waals surface area (Å²) >= 11 is 1.33. The van der Waals surface area contributed by atoms with Crippen molar-refractivity contribution in [2.45, 2.75) is 25.9 Å². The van der Waals surface area contributed by atoms with Crippen LogP contribution >= 0.6 is 11.3 Å². The van der Waals surface area contributed by atoms with Crippen LogP contribution in [0.1, 0.15) is 29.4 Å². The third-order valence-electron chi connectivity index (χ3n) is 2.92. The number of ether oxygens (including phenoxy) is 1. The van der Waals surface area contributed by atoms with Crippen molar-refractivity contribution < 1.29 is 14.6 Å². The Morgan fingerprint density at radius 1 is 1.72 bits per heavy atom. The highest BCUT2D eigenvalue weighted by molar-refractivity contribution is 7.18. The number of hydrogen-bond donors (Lipinski definition) is 2. The van der Waals surface area contributed by atoms with E-state index in [1.54, 1.807) is 13.0 Å². The van der Waals surface area contributed by atoms with Crippen LogP contribution in [0.3, 0.4) is 0 Å². The van der Waals surface area contributed by atoms with E-state index in [4.69, 9.17) is 10.5 Å². The molecule has 1 aromatic heterocycles. The Bertz CT molecular complexity index is 433. The molecule has 1 saturated heterocycles. The normalized spacial score (nSPS) is 19.9. The minimum Gasteiger partial charge on any atom is -0.462 e. The van der Waals surface area contributed by atoms with Crippen molar-refractivity contribution in [2.24, 2.45) is 0 Å². The van der Waals surface area contributed by atoms with Crippen molar-refractivity contribution in [2.75, 3.05) is 30.3 Å². The number of thiophene rings is 1. The molecule has 1 aliphatic heterocycles. The van der Waals surface area contributed by atoms with Crippen LogP contribution in [0.15, 0.2) is 6.07 Å². The van der Waals surface area contributed by atoms with Gasteiger partial charge in [-0.05, 0) is 25.8 Å². The molecule has 3 N–H and O–H groups in total. The van der Waals surface area contributed by atoms with Crippen LogP contribution in [-0.2, 0) is 4.74 Å². The summed E-state index contributed by atoms with van der Waals surface area (Å²) in [4.78, 5) is 14.2. The Balaban J connectivity index is 2.15. The van der Waals surface area contributed by atoms with Gasteiger partial charge in [0.2, 0.25) is 0 Å². The Hall–Kier alpha value is -1.27. The van der Waals surface area contributed by atoms with Crippen LogP contribution < -0.4 is 10.6 Å². The summed E-state index contributed by atoms with van der Waals surface area (Å²) in [6.07, 6.45) is 1.49. The smallest absolute Gasteiger partial charge is 0.350 e. The molecule has 0 radical (unpaired) electrons. The summed E-state index contributed by atoms with van der Waals surface area (Å²) in [7, 11) is 0. The molecule has 1 atom stereocenters. The molecule has 1 aliphatic rings. The minimum absolute atomic E-state index is 0.298. The quantitative estimate of drug-likeness (QED) is 0.813. The molecule has 2 rings (SSSR count). The van der Waals surface area contributed by atoms with Gasteiger partial charge in [-0.3, -0.25) is 0 Å². The predicted octanol–water partition coefficient (Wildman–Crippen LogP) is 1.47. The number of carbonyl (C=O) groups is 1. The van der Waals surface area contributed by atoms with E-state index in [9.17, 15) is 9.90 Å².